The molecule has 30 heavy (non-hydrogen) atoms. The summed E-state index contributed by atoms with van der Waals surface area (Å²) < 4.78 is 60.2. The zero-order valence-electron chi connectivity index (χ0n) is 16.2. The fourth-order valence-electron chi connectivity index (χ4n) is 4.24. The van der Waals surface area contributed by atoms with Crippen LogP contribution in [0, 0.1) is 11.6 Å². The summed E-state index contributed by atoms with van der Waals surface area (Å²) in [6.45, 7) is 1.69. The molecule has 0 amide bonds. The summed E-state index contributed by atoms with van der Waals surface area (Å²) in [5.41, 5.74) is 1.00. The predicted octanol–water partition coefficient (Wildman–Crippen LogP) is 2.16. The maximum Gasteiger partial charge on any atom is 0.246 e. The molecule has 3 fully saturated rings. The molecule has 2 aliphatic heterocycles. The van der Waals surface area contributed by atoms with Gasteiger partial charge >= 0.3 is 0 Å². The number of sulfonamides is 1. The monoisotopic (exact) mass is 436 g/mol. The summed E-state index contributed by atoms with van der Waals surface area (Å²) in [7, 11) is -4.03. The largest absolute Gasteiger partial charge is 0.472 e. The highest BCUT2D eigenvalue weighted by Crippen LogP contribution is 2.38. The van der Waals surface area contributed by atoms with Crippen LogP contribution in [0.25, 0.3) is 0 Å². The summed E-state index contributed by atoms with van der Waals surface area (Å²) in [6.07, 6.45) is 6.27. The maximum absolute atomic E-state index is 14.1. The Bertz CT molecular complexity index is 1050. The average molecular weight is 436 g/mol. The lowest BCUT2D eigenvalue weighted by molar-refractivity contribution is 0.151. The van der Waals surface area contributed by atoms with Crippen molar-refractivity contribution >= 4 is 10.0 Å². The van der Waals surface area contributed by atoms with E-state index in [9.17, 15) is 17.2 Å². The Morgan fingerprint density at radius 1 is 1.07 bits per heavy atom. The number of ether oxygens (including phenoxy) is 1. The molecule has 1 saturated carbocycles. The van der Waals surface area contributed by atoms with Gasteiger partial charge in [0.15, 0.2) is 0 Å². The van der Waals surface area contributed by atoms with Crippen molar-refractivity contribution in [3.63, 3.8) is 0 Å². The highest BCUT2D eigenvalue weighted by atomic mass is 32.2. The number of hydrogen-bond acceptors (Lipinski definition) is 6. The highest BCUT2D eigenvalue weighted by molar-refractivity contribution is 7.89. The Morgan fingerprint density at radius 2 is 1.90 bits per heavy atom. The van der Waals surface area contributed by atoms with Crippen molar-refractivity contribution < 1.29 is 21.9 Å². The second-order valence-corrected chi connectivity index (χ2v) is 10.0. The summed E-state index contributed by atoms with van der Waals surface area (Å²) in [6, 6.07) is 2.51. The minimum Gasteiger partial charge on any atom is -0.472 e. The van der Waals surface area contributed by atoms with Crippen molar-refractivity contribution in [3.8, 4) is 5.88 Å². The third kappa shape index (κ3) is 3.79. The van der Waals surface area contributed by atoms with Crippen molar-refractivity contribution in [2.75, 3.05) is 26.2 Å². The van der Waals surface area contributed by atoms with Crippen LogP contribution in [0.4, 0.5) is 8.78 Å². The van der Waals surface area contributed by atoms with Crippen LogP contribution in [0.5, 0.6) is 5.88 Å². The molecule has 3 aliphatic rings. The zero-order valence-corrected chi connectivity index (χ0v) is 17.1. The standard InChI is InChI=1S/C20H22F2N4O3S/c21-14-3-4-19(17(22)7-14)30(27,28)26-6-5-25-12-16(8-15(25)11-26)29-20-10-23-18(9-24-20)13-1-2-13/h3-4,7,9-10,13,15-16H,1-2,5-6,8,11-12H2/t15-,16+/m0/s1. The Hall–Kier alpha value is -2.17. The average Bonchev–Trinajstić information content (AvgIpc) is 3.48. The molecule has 0 unspecified atom stereocenters. The molecule has 5 rings (SSSR count). The lowest BCUT2D eigenvalue weighted by Gasteiger charge is -2.36. The molecule has 3 heterocycles. The van der Waals surface area contributed by atoms with Crippen LogP contribution >= 0.6 is 0 Å². The second-order valence-electron chi connectivity index (χ2n) is 8.12. The van der Waals surface area contributed by atoms with Crippen LogP contribution in [-0.4, -0.2) is 65.9 Å². The number of halogens is 2. The Balaban J connectivity index is 1.24. The van der Waals surface area contributed by atoms with E-state index in [0.717, 1.165) is 30.7 Å². The molecule has 1 aliphatic carbocycles. The van der Waals surface area contributed by atoms with Crippen molar-refractivity contribution in [2.24, 2.45) is 0 Å². The number of aromatic nitrogens is 2. The topological polar surface area (TPSA) is 75.6 Å². The van der Waals surface area contributed by atoms with Gasteiger partial charge in [0.2, 0.25) is 15.9 Å². The normalized spacial score (nSPS) is 25.3. The molecule has 1 aromatic carbocycles. The molecule has 0 N–H and O–H groups in total. The summed E-state index contributed by atoms with van der Waals surface area (Å²) in [4.78, 5) is 10.5. The molecular formula is C20H22F2N4O3S. The number of nitrogens with zero attached hydrogens (tertiary/aromatic N) is 4. The van der Waals surface area contributed by atoms with E-state index in [1.807, 2.05) is 0 Å². The van der Waals surface area contributed by atoms with Crippen molar-refractivity contribution in [1.29, 1.82) is 0 Å². The molecule has 0 spiro atoms. The summed E-state index contributed by atoms with van der Waals surface area (Å²) in [5, 5.41) is 0. The van der Waals surface area contributed by atoms with E-state index in [1.165, 1.54) is 4.31 Å². The third-order valence-electron chi connectivity index (χ3n) is 5.98. The summed E-state index contributed by atoms with van der Waals surface area (Å²) in [5.74, 6) is -0.869. The van der Waals surface area contributed by atoms with E-state index in [1.54, 1.807) is 12.4 Å². The molecule has 10 heteroatoms. The van der Waals surface area contributed by atoms with Gasteiger partial charge in [0.05, 0.1) is 18.1 Å². The van der Waals surface area contributed by atoms with E-state index >= 15 is 0 Å². The van der Waals surface area contributed by atoms with Gasteiger partial charge in [-0.2, -0.15) is 4.31 Å². The van der Waals surface area contributed by atoms with E-state index in [0.29, 0.717) is 37.4 Å². The number of rotatable bonds is 5. The number of fused-ring (bicyclic) bond motifs is 1. The van der Waals surface area contributed by atoms with Crippen molar-refractivity contribution in [1.82, 2.24) is 19.2 Å². The summed E-state index contributed by atoms with van der Waals surface area (Å²) >= 11 is 0. The highest BCUT2D eigenvalue weighted by Gasteiger charge is 2.41. The fraction of sp³-hybridized carbons (Fsp3) is 0.500. The van der Waals surface area contributed by atoms with Crippen LogP contribution in [0.15, 0.2) is 35.5 Å². The minimum atomic E-state index is -4.03. The van der Waals surface area contributed by atoms with Gasteiger partial charge < -0.3 is 4.74 Å². The minimum absolute atomic E-state index is 0.0271. The molecule has 0 bridgehead atoms. The molecule has 2 aromatic rings. The van der Waals surface area contributed by atoms with Crippen molar-refractivity contribution in [2.45, 2.75) is 42.2 Å². The maximum atomic E-state index is 14.1. The first-order valence-electron chi connectivity index (χ1n) is 10.1. The van der Waals surface area contributed by atoms with Crippen LogP contribution in [0.2, 0.25) is 0 Å². The molecule has 160 valence electrons. The van der Waals surface area contributed by atoms with Gasteiger partial charge in [-0.1, -0.05) is 0 Å². The van der Waals surface area contributed by atoms with Gasteiger partial charge in [-0.15, -0.1) is 0 Å². The van der Waals surface area contributed by atoms with Gasteiger partial charge in [-0.3, -0.25) is 9.88 Å². The fourth-order valence-corrected chi connectivity index (χ4v) is 5.76. The van der Waals surface area contributed by atoms with E-state index in [-0.39, 0.29) is 25.2 Å². The molecular weight excluding hydrogens is 414 g/mol. The van der Waals surface area contributed by atoms with Crippen LogP contribution < -0.4 is 4.74 Å². The lowest BCUT2D eigenvalue weighted by Crippen LogP contribution is -2.52. The smallest absolute Gasteiger partial charge is 0.246 e. The zero-order chi connectivity index (χ0) is 20.9. The van der Waals surface area contributed by atoms with E-state index < -0.39 is 26.6 Å². The molecule has 0 radical (unpaired) electrons. The van der Waals surface area contributed by atoms with Gasteiger partial charge in [0, 0.05) is 50.6 Å². The Labute approximate surface area is 173 Å². The predicted molar refractivity (Wildman–Crippen MR) is 104 cm³/mol. The van der Waals surface area contributed by atoms with Crippen LogP contribution in [0.1, 0.15) is 30.9 Å². The molecule has 2 atom stereocenters. The van der Waals surface area contributed by atoms with Crippen molar-refractivity contribution in [3.05, 3.63) is 47.9 Å². The Kier molecular flexibility index (Phi) is 4.95. The Morgan fingerprint density at radius 3 is 2.60 bits per heavy atom. The van der Waals surface area contributed by atoms with E-state index in [4.69, 9.17) is 4.74 Å². The quantitative estimate of drug-likeness (QED) is 0.715. The molecule has 1 aromatic heterocycles. The molecule has 7 nitrogen and oxygen atoms in total. The van der Waals surface area contributed by atoms with Gasteiger partial charge in [-0.25, -0.2) is 22.2 Å². The first kappa shape index (κ1) is 19.8. The lowest BCUT2D eigenvalue weighted by atomic mass is 10.2. The third-order valence-corrected chi connectivity index (χ3v) is 7.88. The number of benzene rings is 1. The van der Waals surface area contributed by atoms with Gasteiger partial charge in [-0.05, 0) is 25.0 Å². The van der Waals surface area contributed by atoms with Gasteiger partial charge in [0.1, 0.15) is 22.6 Å². The van der Waals surface area contributed by atoms with Crippen LogP contribution in [-0.2, 0) is 10.0 Å². The first-order chi connectivity index (χ1) is 14.4. The van der Waals surface area contributed by atoms with E-state index in [2.05, 4.69) is 14.9 Å². The number of hydrogen-bond donors (Lipinski definition) is 0. The number of piperazine rings is 1. The second kappa shape index (κ2) is 7.51. The van der Waals surface area contributed by atoms with Crippen LogP contribution in [0.3, 0.4) is 0 Å². The molecule has 2 saturated heterocycles. The van der Waals surface area contributed by atoms with Gasteiger partial charge in [0.25, 0.3) is 0 Å². The SMILES string of the molecule is O=S(=O)(c1ccc(F)cc1F)N1CCN2C[C@H](Oc3cnc(C4CC4)cn3)C[C@H]2C1. The first-order valence-corrected chi connectivity index (χ1v) is 11.5.